The lowest BCUT2D eigenvalue weighted by molar-refractivity contribution is 0.0954. The predicted molar refractivity (Wildman–Crippen MR) is 83.3 cm³/mol. The number of amides is 1. The molecule has 0 atom stereocenters. The van der Waals surface area contributed by atoms with E-state index in [-0.39, 0.29) is 5.91 Å². The summed E-state index contributed by atoms with van der Waals surface area (Å²) in [6.45, 7) is 2.66. The van der Waals surface area contributed by atoms with Crippen molar-refractivity contribution in [3.8, 4) is 0 Å². The van der Waals surface area contributed by atoms with Crippen LogP contribution >= 0.6 is 11.6 Å². The van der Waals surface area contributed by atoms with Gasteiger partial charge in [0.25, 0.3) is 5.91 Å². The standard InChI is InChI=1S/C17H18ClNO/c1-2-13-6-5-8-15(12-13)17(20)19-11-10-14-7-3-4-9-16(14)18/h3-9,12H,2,10-11H2,1H3,(H,19,20). The molecular weight excluding hydrogens is 270 g/mol. The second-order valence-electron chi connectivity index (χ2n) is 4.65. The van der Waals surface area contributed by atoms with Crippen molar-refractivity contribution in [2.45, 2.75) is 19.8 Å². The van der Waals surface area contributed by atoms with E-state index in [0.29, 0.717) is 12.1 Å². The van der Waals surface area contributed by atoms with Crippen molar-refractivity contribution in [2.24, 2.45) is 0 Å². The molecule has 2 aromatic carbocycles. The van der Waals surface area contributed by atoms with Crippen molar-refractivity contribution < 1.29 is 4.79 Å². The molecule has 0 aliphatic carbocycles. The molecule has 0 saturated carbocycles. The lowest BCUT2D eigenvalue weighted by Gasteiger charge is -2.07. The number of hydrogen-bond donors (Lipinski definition) is 1. The minimum Gasteiger partial charge on any atom is -0.352 e. The molecule has 104 valence electrons. The second kappa shape index (κ2) is 7.11. The third-order valence-corrected chi connectivity index (χ3v) is 3.60. The fourth-order valence-corrected chi connectivity index (χ4v) is 2.28. The second-order valence-corrected chi connectivity index (χ2v) is 5.06. The SMILES string of the molecule is CCc1cccc(C(=O)NCCc2ccccc2Cl)c1. The molecule has 0 unspecified atom stereocenters. The molecule has 0 saturated heterocycles. The van der Waals surface area contributed by atoms with Gasteiger partial charge in [0.15, 0.2) is 0 Å². The first-order valence-corrected chi connectivity index (χ1v) is 7.19. The summed E-state index contributed by atoms with van der Waals surface area (Å²) in [5.41, 5.74) is 2.93. The summed E-state index contributed by atoms with van der Waals surface area (Å²) in [4.78, 5) is 12.0. The summed E-state index contributed by atoms with van der Waals surface area (Å²) in [6, 6.07) is 15.4. The number of nitrogens with one attached hydrogen (secondary N) is 1. The zero-order valence-corrected chi connectivity index (χ0v) is 12.3. The Labute approximate surface area is 124 Å². The highest BCUT2D eigenvalue weighted by Gasteiger charge is 2.06. The van der Waals surface area contributed by atoms with Crippen molar-refractivity contribution in [1.82, 2.24) is 5.32 Å². The molecule has 0 fully saturated rings. The van der Waals surface area contributed by atoms with Gasteiger partial charge >= 0.3 is 0 Å². The van der Waals surface area contributed by atoms with Crippen LogP contribution in [0.3, 0.4) is 0 Å². The first-order chi connectivity index (χ1) is 9.70. The maximum Gasteiger partial charge on any atom is 0.251 e. The van der Waals surface area contributed by atoms with Crippen molar-refractivity contribution in [2.75, 3.05) is 6.54 Å². The Kier molecular flexibility index (Phi) is 5.19. The van der Waals surface area contributed by atoms with Gasteiger partial charge in [0.05, 0.1) is 0 Å². The van der Waals surface area contributed by atoms with E-state index in [1.165, 1.54) is 5.56 Å². The van der Waals surface area contributed by atoms with Gasteiger partial charge in [0.2, 0.25) is 0 Å². The minimum atomic E-state index is -0.0349. The van der Waals surface area contributed by atoms with E-state index in [9.17, 15) is 4.79 Å². The number of benzene rings is 2. The van der Waals surface area contributed by atoms with E-state index in [1.54, 1.807) is 0 Å². The number of aryl methyl sites for hydroxylation is 1. The number of rotatable bonds is 5. The zero-order valence-electron chi connectivity index (χ0n) is 11.5. The monoisotopic (exact) mass is 287 g/mol. The average molecular weight is 288 g/mol. The highest BCUT2D eigenvalue weighted by molar-refractivity contribution is 6.31. The van der Waals surface area contributed by atoms with Crippen LogP contribution in [0, 0.1) is 0 Å². The molecule has 1 N–H and O–H groups in total. The van der Waals surface area contributed by atoms with Gasteiger partial charge in [0, 0.05) is 17.1 Å². The third kappa shape index (κ3) is 3.84. The third-order valence-electron chi connectivity index (χ3n) is 3.24. The van der Waals surface area contributed by atoms with Crippen LogP contribution in [0.2, 0.25) is 5.02 Å². The average Bonchev–Trinajstić information content (AvgIpc) is 2.49. The molecule has 20 heavy (non-hydrogen) atoms. The predicted octanol–water partition coefficient (Wildman–Crippen LogP) is 3.87. The van der Waals surface area contributed by atoms with Gasteiger partial charge in [-0.3, -0.25) is 4.79 Å². The molecular formula is C17H18ClNO. The van der Waals surface area contributed by atoms with E-state index in [0.717, 1.165) is 23.4 Å². The van der Waals surface area contributed by atoms with Crippen molar-refractivity contribution in [3.05, 3.63) is 70.2 Å². The Balaban J connectivity index is 1.91. The molecule has 0 heterocycles. The van der Waals surface area contributed by atoms with Crippen LogP contribution in [-0.4, -0.2) is 12.5 Å². The van der Waals surface area contributed by atoms with Crippen LogP contribution < -0.4 is 5.32 Å². The molecule has 0 aliphatic heterocycles. The Bertz CT molecular complexity index is 595. The van der Waals surface area contributed by atoms with Gasteiger partial charge in [0.1, 0.15) is 0 Å². The molecule has 0 aromatic heterocycles. The fraction of sp³-hybridized carbons (Fsp3) is 0.235. The van der Waals surface area contributed by atoms with Crippen LogP contribution in [0.25, 0.3) is 0 Å². The van der Waals surface area contributed by atoms with Crippen molar-refractivity contribution >= 4 is 17.5 Å². The molecule has 0 aliphatic rings. The maximum atomic E-state index is 12.0. The molecule has 0 radical (unpaired) electrons. The normalized spacial score (nSPS) is 10.3. The van der Waals surface area contributed by atoms with Crippen LogP contribution in [0.5, 0.6) is 0 Å². The van der Waals surface area contributed by atoms with E-state index in [2.05, 4.69) is 12.2 Å². The van der Waals surface area contributed by atoms with Gasteiger partial charge in [-0.1, -0.05) is 48.9 Å². The van der Waals surface area contributed by atoms with E-state index >= 15 is 0 Å². The largest absolute Gasteiger partial charge is 0.352 e. The Morgan fingerprint density at radius 2 is 1.95 bits per heavy atom. The van der Waals surface area contributed by atoms with Crippen molar-refractivity contribution in [3.63, 3.8) is 0 Å². The summed E-state index contributed by atoms with van der Waals surface area (Å²) in [5.74, 6) is -0.0349. The molecule has 2 nitrogen and oxygen atoms in total. The highest BCUT2D eigenvalue weighted by atomic mass is 35.5. The Hall–Kier alpha value is -1.80. The molecule has 0 spiro atoms. The zero-order chi connectivity index (χ0) is 14.4. The highest BCUT2D eigenvalue weighted by Crippen LogP contribution is 2.14. The Morgan fingerprint density at radius 3 is 2.70 bits per heavy atom. The molecule has 2 aromatic rings. The quantitative estimate of drug-likeness (QED) is 0.888. The fourth-order valence-electron chi connectivity index (χ4n) is 2.05. The van der Waals surface area contributed by atoms with Gasteiger partial charge < -0.3 is 5.32 Å². The van der Waals surface area contributed by atoms with Crippen LogP contribution in [0.1, 0.15) is 28.4 Å². The van der Waals surface area contributed by atoms with Gasteiger partial charge in [-0.15, -0.1) is 0 Å². The van der Waals surface area contributed by atoms with Crippen LogP contribution in [0.15, 0.2) is 48.5 Å². The summed E-state index contributed by atoms with van der Waals surface area (Å²) in [6.07, 6.45) is 1.67. The van der Waals surface area contributed by atoms with Crippen LogP contribution in [-0.2, 0) is 12.8 Å². The van der Waals surface area contributed by atoms with E-state index < -0.39 is 0 Å². The van der Waals surface area contributed by atoms with Crippen LogP contribution in [0.4, 0.5) is 0 Å². The van der Waals surface area contributed by atoms with Gasteiger partial charge in [-0.2, -0.15) is 0 Å². The number of carbonyl (C=O) groups excluding carboxylic acids is 1. The molecule has 3 heteroatoms. The summed E-state index contributed by atoms with van der Waals surface area (Å²) in [7, 11) is 0. The first-order valence-electron chi connectivity index (χ1n) is 6.81. The molecule has 2 rings (SSSR count). The number of halogens is 1. The summed E-state index contributed by atoms with van der Waals surface area (Å²) < 4.78 is 0. The lowest BCUT2D eigenvalue weighted by Crippen LogP contribution is -2.25. The first kappa shape index (κ1) is 14.6. The van der Waals surface area contributed by atoms with Gasteiger partial charge in [-0.05, 0) is 42.2 Å². The minimum absolute atomic E-state index is 0.0349. The topological polar surface area (TPSA) is 29.1 Å². The maximum absolute atomic E-state index is 12.0. The Morgan fingerprint density at radius 1 is 1.15 bits per heavy atom. The van der Waals surface area contributed by atoms with E-state index in [1.807, 2.05) is 48.5 Å². The number of carbonyl (C=O) groups is 1. The lowest BCUT2D eigenvalue weighted by atomic mass is 10.1. The van der Waals surface area contributed by atoms with Gasteiger partial charge in [-0.25, -0.2) is 0 Å². The molecule has 1 amide bonds. The molecule has 0 bridgehead atoms. The van der Waals surface area contributed by atoms with E-state index in [4.69, 9.17) is 11.6 Å². The summed E-state index contributed by atoms with van der Waals surface area (Å²) >= 11 is 6.08. The smallest absolute Gasteiger partial charge is 0.251 e. The summed E-state index contributed by atoms with van der Waals surface area (Å²) in [5, 5.41) is 3.67. The van der Waals surface area contributed by atoms with Crippen molar-refractivity contribution in [1.29, 1.82) is 0 Å². The number of hydrogen-bond acceptors (Lipinski definition) is 1.